The lowest BCUT2D eigenvalue weighted by Crippen LogP contribution is -2.35. The summed E-state index contributed by atoms with van der Waals surface area (Å²) >= 11 is 2.24. The summed E-state index contributed by atoms with van der Waals surface area (Å²) in [6.07, 6.45) is 0. The SMILES string of the molecule is COC(=O)CSc1nnc(-c2ccccc2S(=O)(=O)NC(=O)Nc2nc(C)cc(C)n2)s1. The average Bonchev–Trinajstić information content (AvgIpc) is 3.19. The Hall–Kier alpha value is -3.10. The summed E-state index contributed by atoms with van der Waals surface area (Å²) in [4.78, 5) is 31.5. The van der Waals surface area contributed by atoms with Gasteiger partial charge in [0.05, 0.1) is 17.8 Å². The molecule has 3 rings (SSSR count). The number of benzene rings is 1. The van der Waals surface area contributed by atoms with Crippen molar-refractivity contribution in [2.45, 2.75) is 23.1 Å². The summed E-state index contributed by atoms with van der Waals surface area (Å²) in [5.41, 5.74) is 1.51. The quantitative estimate of drug-likeness (QED) is 0.370. The van der Waals surface area contributed by atoms with E-state index in [1.54, 1.807) is 32.0 Å². The number of thioether (sulfide) groups is 1. The first kappa shape index (κ1) is 23.6. The van der Waals surface area contributed by atoms with Crippen LogP contribution in [0.2, 0.25) is 0 Å². The van der Waals surface area contributed by atoms with E-state index < -0.39 is 22.0 Å². The number of esters is 1. The van der Waals surface area contributed by atoms with Crippen LogP contribution in [-0.4, -0.2) is 53.4 Å². The van der Waals surface area contributed by atoms with Crippen LogP contribution in [0.3, 0.4) is 0 Å². The highest BCUT2D eigenvalue weighted by atomic mass is 32.2. The zero-order valence-electron chi connectivity index (χ0n) is 17.1. The highest BCUT2D eigenvalue weighted by molar-refractivity contribution is 8.01. The van der Waals surface area contributed by atoms with Gasteiger partial charge in [-0.25, -0.2) is 27.9 Å². The molecule has 0 spiro atoms. The molecule has 0 unspecified atom stereocenters. The topological polar surface area (TPSA) is 153 Å². The lowest BCUT2D eigenvalue weighted by atomic mass is 10.2. The molecule has 2 heterocycles. The minimum atomic E-state index is -4.26. The molecule has 0 atom stereocenters. The van der Waals surface area contributed by atoms with Crippen LogP contribution in [0, 0.1) is 13.8 Å². The number of carbonyl (C=O) groups is 2. The van der Waals surface area contributed by atoms with E-state index in [0.717, 1.165) is 23.1 Å². The van der Waals surface area contributed by atoms with Gasteiger partial charge in [-0.1, -0.05) is 41.3 Å². The van der Waals surface area contributed by atoms with Crippen molar-refractivity contribution in [3.05, 3.63) is 41.7 Å². The summed E-state index contributed by atoms with van der Waals surface area (Å²) < 4.78 is 32.8. The number of anilines is 1. The standard InChI is InChI=1S/C18H18N6O5S3/c1-10-8-11(2)20-16(19-10)21-17(26)24-32(27,28)13-7-5-4-6-12(13)15-22-23-18(31-15)30-9-14(25)29-3/h4-8H,9H2,1-3H3,(H2,19,20,21,24,26). The monoisotopic (exact) mass is 494 g/mol. The maximum absolute atomic E-state index is 12.9. The number of carbonyl (C=O) groups excluding carboxylic acids is 2. The molecule has 0 saturated heterocycles. The number of aryl methyl sites for hydroxylation is 2. The minimum absolute atomic E-state index is 0.0140. The fourth-order valence-electron chi connectivity index (χ4n) is 2.52. The van der Waals surface area contributed by atoms with E-state index in [2.05, 4.69) is 30.2 Å². The van der Waals surface area contributed by atoms with Crippen molar-refractivity contribution in [3.8, 4) is 10.6 Å². The molecule has 14 heteroatoms. The van der Waals surface area contributed by atoms with Crippen LogP contribution >= 0.6 is 23.1 Å². The highest BCUT2D eigenvalue weighted by Gasteiger charge is 2.24. The summed E-state index contributed by atoms with van der Waals surface area (Å²) in [5.74, 6) is -0.384. The number of rotatable bonds is 7. The summed E-state index contributed by atoms with van der Waals surface area (Å²) in [6, 6.07) is 6.78. The Morgan fingerprint density at radius 3 is 2.50 bits per heavy atom. The van der Waals surface area contributed by atoms with Crippen LogP contribution in [-0.2, 0) is 19.6 Å². The van der Waals surface area contributed by atoms with Crippen molar-refractivity contribution in [2.24, 2.45) is 0 Å². The van der Waals surface area contributed by atoms with Crippen molar-refractivity contribution in [2.75, 3.05) is 18.2 Å². The largest absolute Gasteiger partial charge is 0.468 e. The van der Waals surface area contributed by atoms with Gasteiger partial charge in [0.2, 0.25) is 5.95 Å². The van der Waals surface area contributed by atoms with Crippen molar-refractivity contribution in [1.82, 2.24) is 24.9 Å². The molecular formula is C18H18N6O5S3. The van der Waals surface area contributed by atoms with E-state index in [1.165, 1.54) is 19.2 Å². The molecule has 168 valence electrons. The van der Waals surface area contributed by atoms with E-state index in [1.807, 2.05) is 4.72 Å². The number of ether oxygens (including phenoxy) is 1. The molecule has 0 radical (unpaired) electrons. The predicted molar refractivity (Wildman–Crippen MR) is 119 cm³/mol. The number of nitrogens with one attached hydrogen (secondary N) is 2. The molecule has 32 heavy (non-hydrogen) atoms. The predicted octanol–water partition coefficient (Wildman–Crippen LogP) is 2.39. The van der Waals surface area contributed by atoms with Gasteiger partial charge in [-0.05, 0) is 26.0 Å². The first-order valence-corrected chi connectivity index (χ1v) is 12.2. The van der Waals surface area contributed by atoms with Crippen LogP contribution in [0.15, 0.2) is 39.6 Å². The normalized spacial score (nSPS) is 11.1. The Balaban J connectivity index is 1.80. The fourth-order valence-corrected chi connectivity index (χ4v) is 5.43. The fraction of sp³-hybridized carbons (Fsp3) is 0.222. The summed E-state index contributed by atoms with van der Waals surface area (Å²) in [5, 5.41) is 10.6. The van der Waals surface area contributed by atoms with Crippen LogP contribution in [0.4, 0.5) is 10.7 Å². The molecule has 2 N–H and O–H groups in total. The van der Waals surface area contributed by atoms with Gasteiger partial charge in [0.25, 0.3) is 10.0 Å². The van der Waals surface area contributed by atoms with Gasteiger partial charge in [0.15, 0.2) is 4.34 Å². The van der Waals surface area contributed by atoms with Crippen LogP contribution in [0.1, 0.15) is 11.4 Å². The zero-order chi connectivity index (χ0) is 23.3. The number of amides is 2. The van der Waals surface area contributed by atoms with E-state index in [0.29, 0.717) is 20.7 Å². The Kier molecular flexibility index (Phi) is 7.37. The van der Waals surface area contributed by atoms with E-state index in [-0.39, 0.29) is 22.2 Å². The molecular weight excluding hydrogens is 476 g/mol. The number of sulfonamides is 1. The Labute approximate surface area is 192 Å². The van der Waals surface area contributed by atoms with Crippen molar-refractivity contribution >= 4 is 51.1 Å². The van der Waals surface area contributed by atoms with E-state index >= 15 is 0 Å². The lowest BCUT2D eigenvalue weighted by molar-refractivity contribution is -0.137. The van der Waals surface area contributed by atoms with Gasteiger partial charge in [-0.2, -0.15) is 0 Å². The second-order valence-electron chi connectivity index (χ2n) is 6.27. The number of aromatic nitrogens is 4. The molecule has 1 aromatic carbocycles. The molecule has 3 aromatic rings. The number of urea groups is 1. The van der Waals surface area contributed by atoms with E-state index in [9.17, 15) is 18.0 Å². The minimum Gasteiger partial charge on any atom is -0.468 e. The highest BCUT2D eigenvalue weighted by Crippen LogP contribution is 2.33. The Bertz CT molecular complexity index is 1240. The zero-order valence-corrected chi connectivity index (χ0v) is 19.6. The number of hydrogen-bond acceptors (Lipinski definition) is 11. The number of methoxy groups -OCH3 is 1. The first-order chi connectivity index (χ1) is 15.2. The third kappa shape index (κ3) is 5.99. The molecule has 2 aromatic heterocycles. The number of nitrogens with zero attached hydrogens (tertiary/aromatic N) is 4. The Morgan fingerprint density at radius 2 is 1.81 bits per heavy atom. The number of hydrogen-bond donors (Lipinski definition) is 2. The second kappa shape index (κ2) is 10.0. The van der Waals surface area contributed by atoms with Crippen LogP contribution in [0.25, 0.3) is 10.6 Å². The molecule has 0 aliphatic rings. The molecule has 0 bridgehead atoms. The lowest BCUT2D eigenvalue weighted by Gasteiger charge is -2.10. The second-order valence-corrected chi connectivity index (χ2v) is 10.1. The maximum atomic E-state index is 12.9. The van der Waals surface area contributed by atoms with Crippen molar-refractivity contribution in [1.29, 1.82) is 0 Å². The Morgan fingerprint density at radius 1 is 1.12 bits per heavy atom. The molecule has 2 amide bonds. The van der Waals surface area contributed by atoms with Crippen LogP contribution in [0.5, 0.6) is 0 Å². The van der Waals surface area contributed by atoms with Gasteiger partial charge in [0.1, 0.15) is 5.01 Å². The maximum Gasteiger partial charge on any atom is 0.335 e. The molecule has 11 nitrogen and oxygen atoms in total. The van der Waals surface area contributed by atoms with Gasteiger partial charge in [0, 0.05) is 17.0 Å². The molecule has 0 aliphatic carbocycles. The van der Waals surface area contributed by atoms with Crippen molar-refractivity contribution < 1.29 is 22.7 Å². The molecule has 0 fully saturated rings. The third-order valence-corrected chi connectivity index (χ3v) is 7.24. The molecule has 0 saturated carbocycles. The molecule has 0 aliphatic heterocycles. The summed E-state index contributed by atoms with van der Waals surface area (Å²) in [7, 11) is -2.98. The van der Waals surface area contributed by atoms with Gasteiger partial charge in [-0.3, -0.25) is 10.1 Å². The van der Waals surface area contributed by atoms with Gasteiger partial charge in [-0.15, -0.1) is 10.2 Å². The smallest absolute Gasteiger partial charge is 0.335 e. The van der Waals surface area contributed by atoms with E-state index in [4.69, 9.17) is 0 Å². The van der Waals surface area contributed by atoms with Crippen LogP contribution < -0.4 is 10.0 Å². The summed E-state index contributed by atoms with van der Waals surface area (Å²) in [6.45, 7) is 3.45. The third-order valence-electron chi connectivity index (χ3n) is 3.79. The first-order valence-electron chi connectivity index (χ1n) is 8.96. The van der Waals surface area contributed by atoms with Crippen molar-refractivity contribution in [3.63, 3.8) is 0 Å². The van der Waals surface area contributed by atoms with Gasteiger partial charge >= 0.3 is 12.0 Å². The average molecular weight is 495 g/mol. The van der Waals surface area contributed by atoms with Gasteiger partial charge < -0.3 is 4.74 Å².